The lowest BCUT2D eigenvalue weighted by molar-refractivity contribution is 0.102. The lowest BCUT2D eigenvalue weighted by atomic mass is 10.2. The Bertz CT molecular complexity index is 1480. The zero-order chi connectivity index (χ0) is 25.7. The second-order valence-corrected chi connectivity index (χ2v) is 9.37. The second-order valence-electron chi connectivity index (χ2n) is 7.48. The molecule has 2 heterocycles. The van der Waals surface area contributed by atoms with E-state index in [1.807, 2.05) is 6.07 Å². The van der Waals surface area contributed by atoms with Gasteiger partial charge in [0.15, 0.2) is 0 Å². The molecule has 4 rings (SSSR count). The number of hydrogen-bond acceptors (Lipinski definition) is 8. The van der Waals surface area contributed by atoms with Crippen LogP contribution in [0, 0.1) is 6.92 Å². The number of sulfone groups is 1. The summed E-state index contributed by atoms with van der Waals surface area (Å²) < 4.78 is 49.9. The molecule has 2 aromatic heterocycles. The van der Waals surface area contributed by atoms with Gasteiger partial charge in [0.2, 0.25) is 9.84 Å². The van der Waals surface area contributed by atoms with Crippen molar-refractivity contribution in [1.29, 1.82) is 0 Å². The van der Waals surface area contributed by atoms with E-state index in [2.05, 4.69) is 30.9 Å². The number of carbonyl (C=O) groups is 1. The summed E-state index contributed by atoms with van der Waals surface area (Å²) in [5.74, 6) is -2.24. The number of benzene rings is 2. The summed E-state index contributed by atoms with van der Waals surface area (Å²) in [5, 5.41) is 8.77. The Morgan fingerprint density at radius 3 is 2.14 bits per heavy atom. The number of anilines is 5. The van der Waals surface area contributed by atoms with Gasteiger partial charge in [0, 0.05) is 23.6 Å². The molecule has 2 aromatic carbocycles. The molecule has 3 N–H and O–H groups in total. The molecule has 1 amide bonds. The number of aryl methyl sites for hydroxylation is 1. The van der Waals surface area contributed by atoms with Gasteiger partial charge in [-0.05, 0) is 55.5 Å². The maximum Gasteiger partial charge on any atom is 0.341 e. The molecular weight excluding hydrogens is 490 g/mol. The van der Waals surface area contributed by atoms with Crippen LogP contribution in [0.4, 0.5) is 37.6 Å². The number of rotatable bonds is 8. The Labute approximate surface area is 205 Å². The molecule has 0 radical (unpaired) electrons. The van der Waals surface area contributed by atoms with Crippen LogP contribution in [-0.2, 0) is 9.84 Å². The predicted molar refractivity (Wildman–Crippen MR) is 132 cm³/mol. The molecule has 0 saturated heterocycles. The molecule has 0 aliphatic heterocycles. The molecule has 12 heteroatoms. The molecule has 4 aromatic rings. The summed E-state index contributed by atoms with van der Waals surface area (Å²) >= 11 is 0. The maximum absolute atomic E-state index is 13.0. The Hall–Kier alpha value is -4.45. The molecule has 0 unspecified atom stereocenters. The van der Waals surface area contributed by atoms with Crippen molar-refractivity contribution in [3.63, 3.8) is 0 Å². The molecule has 0 aliphatic rings. The van der Waals surface area contributed by atoms with Gasteiger partial charge in [0.1, 0.15) is 23.3 Å². The van der Waals surface area contributed by atoms with Crippen LogP contribution in [-0.4, -0.2) is 35.0 Å². The van der Waals surface area contributed by atoms with E-state index < -0.39 is 26.4 Å². The molecule has 0 saturated carbocycles. The molecule has 0 bridgehead atoms. The van der Waals surface area contributed by atoms with Crippen LogP contribution in [0.2, 0.25) is 0 Å². The average molecular weight is 511 g/mol. The van der Waals surface area contributed by atoms with Gasteiger partial charge in [0.25, 0.3) is 5.91 Å². The van der Waals surface area contributed by atoms with Gasteiger partial charge in [-0.25, -0.2) is 23.4 Å². The smallest absolute Gasteiger partial charge is 0.340 e. The zero-order valence-corrected chi connectivity index (χ0v) is 19.6. The van der Waals surface area contributed by atoms with Gasteiger partial charge in [0.05, 0.1) is 10.5 Å². The van der Waals surface area contributed by atoms with Crippen LogP contribution in [0.25, 0.3) is 0 Å². The third kappa shape index (κ3) is 5.78. The highest BCUT2D eigenvalue weighted by atomic mass is 32.2. The van der Waals surface area contributed by atoms with E-state index in [4.69, 9.17) is 0 Å². The number of hydrogen-bond donors (Lipinski definition) is 3. The summed E-state index contributed by atoms with van der Waals surface area (Å²) in [4.78, 5) is 24.8. The fourth-order valence-corrected chi connectivity index (χ4v) is 4.17. The van der Waals surface area contributed by atoms with Crippen LogP contribution >= 0.6 is 0 Å². The summed E-state index contributed by atoms with van der Waals surface area (Å²) in [6, 6.07) is 18.5. The van der Waals surface area contributed by atoms with E-state index in [1.165, 1.54) is 18.2 Å². The van der Waals surface area contributed by atoms with Crippen LogP contribution in [0.5, 0.6) is 0 Å². The number of carbonyl (C=O) groups excluding carboxylic acids is 1. The minimum Gasteiger partial charge on any atom is -0.340 e. The van der Waals surface area contributed by atoms with Crippen molar-refractivity contribution in [2.45, 2.75) is 17.6 Å². The molecule has 9 nitrogen and oxygen atoms in total. The molecule has 0 spiro atoms. The van der Waals surface area contributed by atoms with E-state index in [1.54, 1.807) is 55.6 Å². The third-order valence-corrected chi connectivity index (χ3v) is 6.29. The van der Waals surface area contributed by atoms with Crippen molar-refractivity contribution in [3.8, 4) is 0 Å². The van der Waals surface area contributed by atoms with Crippen molar-refractivity contribution in [2.24, 2.45) is 0 Å². The van der Waals surface area contributed by atoms with Crippen LogP contribution < -0.4 is 16.0 Å². The van der Waals surface area contributed by atoms with Gasteiger partial charge in [-0.3, -0.25) is 4.79 Å². The highest BCUT2D eigenvalue weighted by Gasteiger charge is 2.30. The van der Waals surface area contributed by atoms with E-state index >= 15 is 0 Å². The van der Waals surface area contributed by atoms with Crippen molar-refractivity contribution in [1.82, 2.24) is 15.0 Å². The third-order valence-electron chi connectivity index (χ3n) is 4.85. The highest BCUT2D eigenvalue weighted by molar-refractivity contribution is 7.91. The Kier molecular flexibility index (Phi) is 7.15. The average Bonchev–Trinajstić information content (AvgIpc) is 2.85. The number of alkyl halides is 2. The van der Waals surface area contributed by atoms with E-state index in [0.29, 0.717) is 34.7 Å². The SMILES string of the molecule is Cc1nc(Nc2ccc(NC(=O)c3ccccc3S(=O)(=O)C(F)F)cc2)cc(Nc2ccccn2)n1. The molecule has 0 fully saturated rings. The van der Waals surface area contributed by atoms with Gasteiger partial charge in [-0.1, -0.05) is 18.2 Å². The van der Waals surface area contributed by atoms with Crippen molar-refractivity contribution >= 4 is 44.6 Å². The standard InChI is InChI=1S/C24H20F2N6O3S/c1-15-28-21(14-22(29-15)32-20-8-4-5-13-27-20)30-16-9-11-17(12-10-16)31-23(33)18-6-2-3-7-19(18)36(34,35)24(25)26/h2-14,24H,1H3,(H,31,33)(H2,27,28,29,30,32). The number of halogens is 2. The first-order valence-corrected chi connectivity index (χ1v) is 12.1. The first kappa shape index (κ1) is 24.7. The number of nitrogens with zero attached hydrogens (tertiary/aromatic N) is 3. The van der Waals surface area contributed by atoms with E-state index in [-0.39, 0.29) is 5.56 Å². The normalized spacial score (nSPS) is 11.2. The molecule has 36 heavy (non-hydrogen) atoms. The van der Waals surface area contributed by atoms with Gasteiger partial charge in [-0.2, -0.15) is 8.78 Å². The summed E-state index contributed by atoms with van der Waals surface area (Å²) in [7, 11) is -4.94. The van der Waals surface area contributed by atoms with Gasteiger partial charge in [-0.15, -0.1) is 0 Å². The van der Waals surface area contributed by atoms with E-state index in [0.717, 1.165) is 6.07 Å². The summed E-state index contributed by atoms with van der Waals surface area (Å²) in [5.41, 5.74) is 0.617. The van der Waals surface area contributed by atoms with Crippen molar-refractivity contribution < 1.29 is 22.0 Å². The Balaban J connectivity index is 1.47. The molecule has 0 atom stereocenters. The minimum atomic E-state index is -4.94. The highest BCUT2D eigenvalue weighted by Crippen LogP contribution is 2.24. The first-order valence-electron chi connectivity index (χ1n) is 10.6. The quantitative estimate of drug-likeness (QED) is 0.305. The number of pyridine rings is 1. The lowest BCUT2D eigenvalue weighted by Crippen LogP contribution is -2.19. The van der Waals surface area contributed by atoms with Gasteiger partial charge >= 0.3 is 5.76 Å². The Morgan fingerprint density at radius 1 is 0.833 bits per heavy atom. The predicted octanol–water partition coefficient (Wildman–Crippen LogP) is 4.92. The van der Waals surface area contributed by atoms with Crippen LogP contribution in [0.3, 0.4) is 0 Å². The summed E-state index contributed by atoms with van der Waals surface area (Å²) in [6.07, 6.45) is 1.66. The largest absolute Gasteiger partial charge is 0.341 e. The topological polar surface area (TPSA) is 126 Å². The van der Waals surface area contributed by atoms with Crippen LogP contribution in [0.15, 0.2) is 83.9 Å². The molecule has 184 valence electrons. The fraction of sp³-hybridized carbons (Fsp3) is 0.0833. The number of aromatic nitrogens is 3. The monoisotopic (exact) mass is 510 g/mol. The van der Waals surface area contributed by atoms with Crippen molar-refractivity contribution in [2.75, 3.05) is 16.0 Å². The first-order chi connectivity index (χ1) is 17.2. The van der Waals surface area contributed by atoms with Crippen LogP contribution in [0.1, 0.15) is 16.2 Å². The lowest BCUT2D eigenvalue weighted by Gasteiger charge is -2.12. The van der Waals surface area contributed by atoms with Gasteiger partial charge < -0.3 is 16.0 Å². The number of amides is 1. The summed E-state index contributed by atoms with van der Waals surface area (Å²) in [6.45, 7) is 1.75. The van der Waals surface area contributed by atoms with Crippen molar-refractivity contribution in [3.05, 3.63) is 90.4 Å². The molecule has 0 aliphatic carbocycles. The minimum absolute atomic E-state index is 0.339. The molecular formula is C24H20F2N6O3S. The zero-order valence-electron chi connectivity index (χ0n) is 18.8. The Morgan fingerprint density at radius 2 is 1.47 bits per heavy atom. The number of nitrogens with one attached hydrogen (secondary N) is 3. The van der Waals surface area contributed by atoms with E-state index in [9.17, 15) is 22.0 Å². The maximum atomic E-state index is 13.0. The fourth-order valence-electron chi connectivity index (χ4n) is 3.25. The second kappa shape index (κ2) is 10.4.